The van der Waals surface area contributed by atoms with Gasteiger partial charge in [0.25, 0.3) is 0 Å². The summed E-state index contributed by atoms with van der Waals surface area (Å²) in [4.78, 5) is 23.5. The van der Waals surface area contributed by atoms with Crippen LogP contribution in [0, 0.1) is 12.8 Å². The first kappa shape index (κ1) is 21.8. The minimum Gasteiger partial charge on any atom is -0.484 e. The Hall–Kier alpha value is -2.29. The average molecular weight is 375 g/mol. The first-order chi connectivity index (χ1) is 12.0. The molecule has 0 aliphatic carbocycles. The summed E-state index contributed by atoms with van der Waals surface area (Å²) in [7, 11) is 0. The van der Waals surface area contributed by atoms with Crippen molar-refractivity contribution in [1.29, 1.82) is 0 Å². The fraction of sp³-hybridized carbons (Fsp3) is 0.529. The minimum atomic E-state index is -4.45. The van der Waals surface area contributed by atoms with Crippen LogP contribution in [0.2, 0.25) is 0 Å². The van der Waals surface area contributed by atoms with Crippen molar-refractivity contribution < 1.29 is 27.5 Å². The Morgan fingerprint density at radius 3 is 2.46 bits per heavy atom. The van der Waals surface area contributed by atoms with Crippen LogP contribution in [0.4, 0.5) is 13.2 Å². The summed E-state index contributed by atoms with van der Waals surface area (Å²) >= 11 is 0. The number of alkyl halides is 3. The molecule has 146 valence electrons. The number of benzene rings is 1. The number of amides is 2. The molecule has 0 aromatic heterocycles. The van der Waals surface area contributed by atoms with Crippen LogP contribution < -0.4 is 21.1 Å². The molecule has 1 aromatic carbocycles. The van der Waals surface area contributed by atoms with Crippen molar-refractivity contribution in [3.8, 4) is 5.75 Å². The molecule has 0 unspecified atom stereocenters. The van der Waals surface area contributed by atoms with Crippen LogP contribution in [-0.2, 0) is 16.1 Å². The largest absolute Gasteiger partial charge is 0.484 e. The van der Waals surface area contributed by atoms with Crippen molar-refractivity contribution in [3.63, 3.8) is 0 Å². The quantitative estimate of drug-likeness (QED) is 0.644. The zero-order valence-electron chi connectivity index (χ0n) is 14.9. The second-order valence-corrected chi connectivity index (χ2v) is 6.28. The van der Waals surface area contributed by atoms with Crippen LogP contribution in [-0.4, -0.2) is 37.2 Å². The Bertz CT molecular complexity index is 633. The van der Waals surface area contributed by atoms with Gasteiger partial charge in [0.1, 0.15) is 5.75 Å². The van der Waals surface area contributed by atoms with Crippen LogP contribution in [0.1, 0.15) is 25.0 Å². The fourth-order valence-corrected chi connectivity index (χ4v) is 1.95. The van der Waals surface area contributed by atoms with Crippen molar-refractivity contribution in [2.45, 2.75) is 39.5 Å². The van der Waals surface area contributed by atoms with Gasteiger partial charge in [-0.3, -0.25) is 9.59 Å². The normalized spacial score (nSPS) is 12.6. The van der Waals surface area contributed by atoms with Gasteiger partial charge in [0, 0.05) is 12.1 Å². The molecular formula is C17H24F3N3O3. The van der Waals surface area contributed by atoms with E-state index in [0.717, 1.165) is 5.56 Å². The summed E-state index contributed by atoms with van der Waals surface area (Å²) < 4.78 is 41.8. The van der Waals surface area contributed by atoms with E-state index in [4.69, 9.17) is 10.5 Å². The first-order valence-electron chi connectivity index (χ1n) is 8.08. The molecule has 0 bridgehead atoms. The van der Waals surface area contributed by atoms with Gasteiger partial charge < -0.3 is 21.1 Å². The highest BCUT2D eigenvalue weighted by molar-refractivity contribution is 5.87. The molecule has 0 spiro atoms. The Kier molecular flexibility index (Phi) is 7.88. The number of aryl methyl sites for hydroxylation is 1. The summed E-state index contributed by atoms with van der Waals surface area (Å²) in [5, 5.41) is 4.94. The van der Waals surface area contributed by atoms with E-state index in [-0.39, 0.29) is 24.8 Å². The van der Waals surface area contributed by atoms with E-state index in [2.05, 4.69) is 10.6 Å². The second kappa shape index (κ2) is 9.42. The highest BCUT2D eigenvalue weighted by Crippen LogP contribution is 2.23. The van der Waals surface area contributed by atoms with Gasteiger partial charge in [-0.1, -0.05) is 26.0 Å². The highest BCUT2D eigenvalue weighted by Gasteiger charge is 2.28. The van der Waals surface area contributed by atoms with E-state index in [0.29, 0.717) is 5.56 Å². The predicted molar refractivity (Wildman–Crippen MR) is 90.4 cm³/mol. The zero-order valence-corrected chi connectivity index (χ0v) is 14.9. The maximum atomic E-state index is 12.3. The van der Waals surface area contributed by atoms with E-state index in [1.54, 1.807) is 32.9 Å². The van der Waals surface area contributed by atoms with Crippen LogP contribution in [0.15, 0.2) is 18.2 Å². The Labute approximate surface area is 150 Å². The molecule has 1 rings (SSSR count). The van der Waals surface area contributed by atoms with Crippen molar-refractivity contribution in [3.05, 3.63) is 29.3 Å². The zero-order chi connectivity index (χ0) is 19.9. The average Bonchev–Trinajstić information content (AvgIpc) is 2.55. The van der Waals surface area contributed by atoms with Crippen LogP contribution in [0.25, 0.3) is 0 Å². The van der Waals surface area contributed by atoms with Crippen molar-refractivity contribution in [2.75, 3.05) is 13.2 Å². The summed E-state index contributed by atoms with van der Waals surface area (Å²) in [6.07, 6.45) is -4.45. The molecule has 6 nitrogen and oxygen atoms in total. The SMILES string of the molecule is Cc1ccc(CNC(=O)CNC(=O)[C@@H](N)C(C)C)c(OCC(F)(F)F)c1. The lowest BCUT2D eigenvalue weighted by atomic mass is 10.1. The molecule has 9 heteroatoms. The number of halogens is 3. The van der Waals surface area contributed by atoms with Crippen LogP contribution in [0.5, 0.6) is 5.75 Å². The van der Waals surface area contributed by atoms with Crippen molar-refractivity contribution >= 4 is 11.8 Å². The number of carbonyl (C=O) groups excluding carboxylic acids is 2. The van der Waals surface area contributed by atoms with Gasteiger partial charge in [-0.05, 0) is 24.5 Å². The third-order valence-electron chi connectivity index (χ3n) is 3.53. The summed E-state index contributed by atoms with van der Waals surface area (Å²) in [5.74, 6) is -0.955. The molecule has 2 amide bonds. The topological polar surface area (TPSA) is 93.5 Å². The van der Waals surface area contributed by atoms with Gasteiger partial charge >= 0.3 is 6.18 Å². The lowest BCUT2D eigenvalue weighted by Crippen LogP contribution is -2.47. The molecule has 26 heavy (non-hydrogen) atoms. The lowest BCUT2D eigenvalue weighted by molar-refractivity contribution is -0.153. The molecule has 0 saturated heterocycles. The van der Waals surface area contributed by atoms with E-state index in [9.17, 15) is 22.8 Å². The van der Waals surface area contributed by atoms with Crippen molar-refractivity contribution in [2.24, 2.45) is 11.7 Å². The monoisotopic (exact) mass is 375 g/mol. The summed E-state index contributed by atoms with van der Waals surface area (Å²) in [6.45, 7) is 3.56. The van der Waals surface area contributed by atoms with Crippen molar-refractivity contribution in [1.82, 2.24) is 10.6 Å². The van der Waals surface area contributed by atoms with E-state index >= 15 is 0 Å². The van der Waals surface area contributed by atoms with Gasteiger partial charge in [-0.2, -0.15) is 13.2 Å². The third-order valence-corrected chi connectivity index (χ3v) is 3.53. The molecule has 0 fully saturated rings. The van der Waals surface area contributed by atoms with E-state index < -0.39 is 30.6 Å². The smallest absolute Gasteiger partial charge is 0.422 e. The molecule has 0 heterocycles. The molecule has 4 N–H and O–H groups in total. The molecular weight excluding hydrogens is 351 g/mol. The van der Waals surface area contributed by atoms with E-state index in [1.165, 1.54) is 6.07 Å². The maximum Gasteiger partial charge on any atom is 0.422 e. The van der Waals surface area contributed by atoms with Crippen LogP contribution in [0.3, 0.4) is 0 Å². The minimum absolute atomic E-state index is 0.0294. The molecule has 1 aromatic rings. The molecule has 0 radical (unpaired) electrons. The second-order valence-electron chi connectivity index (χ2n) is 6.28. The Morgan fingerprint density at radius 1 is 1.23 bits per heavy atom. The van der Waals surface area contributed by atoms with E-state index in [1.807, 2.05) is 0 Å². The third kappa shape index (κ3) is 7.73. The summed E-state index contributed by atoms with van der Waals surface area (Å²) in [5.41, 5.74) is 6.79. The molecule has 0 aliphatic heterocycles. The standard InChI is InChI=1S/C17H24F3N3O3/c1-10(2)15(21)16(25)23-8-14(24)22-7-12-5-4-11(3)6-13(12)26-9-17(18,19)20/h4-6,10,15H,7-9,21H2,1-3H3,(H,22,24)(H,23,25)/t15-/m0/s1. The molecule has 0 saturated carbocycles. The number of rotatable bonds is 8. The first-order valence-corrected chi connectivity index (χ1v) is 8.08. The molecule has 0 aliphatic rings. The summed E-state index contributed by atoms with van der Waals surface area (Å²) in [6, 6.07) is 4.03. The van der Waals surface area contributed by atoms with Gasteiger partial charge in [-0.15, -0.1) is 0 Å². The Balaban J connectivity index is 2.58. The van der Waals surface area contributed by atoms with Crippen LogP contribution >= 0.6 is 0 Å². The number of ether oxygens (including phenoxy) is 1. The number of nitrogens with one attached hydrogen (secondary N) is 2. The van der Waals surface area contributed by atoms with Gasteiger partial charge in [0.2, 0.25) is 11.8 Å². The number of hydrogen-bond donors (Lipinski definition) is 3. The number of carbonyl (C=O) groups is 2. The van der Waals surface area contributed by atoms with Gasteiger partial charge in [0.05, 0.1) is 12.6 Å². The maximum absolute atomic E-state index is 12.3. The number of nitrogens with two attached hydrogens (primary N) is 1. The highest BCUT2D eigenvalue weighted by atomic mass is 19.4. The predicted octanol–water partition coefficient (Wildman–Crippen LogP) is 1.65. The number of hydrogen-bond acceptors (Lipinski definition) is 4. The van der Waals surface area contributed by atoms with Gasteiger partial charge in [0.15, 0.2) is 6.61 Å². The Morgan fingerprint density at radius 2 is 1.88 bits per heavy atom. The lowest BCUT2D eigenvalue weighted by Gasteiger charge is -2.16. The van der Waals surface area contributed by atoms with Gasteiger partial charge in [-0.25, -0.2) is 0 Å². The fourth-order valence-electron chi connectivity index (χ4n) is 1.95. The molecule has 1 atom stereocenters.